The number of Topliss-reactive ketones (excluding diaryl/α,β-unsaturated/α-hetero) is 1. The topological polar surface area (TPSA) is 89.8 Å². The minimum Gasteiger partial charge on any atom is -0.632 e. The van der Waals surface area contributed by atoms with Crippen LogP contribution in [0.1, 0.15) is 43.7 Å². The van der Waals surface area contributed by atoms with Gasteiger partial charge in [0.2, 0.25) is 0 Å². The molecule has 3 fully saturated rings. The molecule has 27 heavy (non-hydrogen) atoms. The zero-order chi connectivity index (χ0) is 18.8. The van der Waals surface area contributed by atoms with Gasteiger partial charge in [0.1, 0.15) is 11.6 Å². The fraction of sp³-hybridized carbons (Fsp3) is 0.667. The van der Waals surface area contributed by atoms with Gasteiger partial charge in [-0.2, -0.15) is 0 Å². The van der Waals surface area contributed by atoms with Crippen LogP contribution in [0.4, 0.5) is 0 Å². The van der Waals surface area contributed by atoms with Crippen LogP contribution in [0.25, 0.3) is 0 Å². The van der Waals surface area contributed by atoms with Gasteiger partial charge in [-0.1, -0.05) is 13.0 Å². The Morgan fingerprint density at radius 1 is 1.37 bits per heavy atom. The molecule has 1 spiro atoms. The molecular weight excluding hydrogens is 346 g/mol. The lowest BCUT2D eigenvalue weighted by Gasteiger charge is -2.67. The van der Waals surface area contributed by atoms with Gasteiger partial charge in [0.15, 0.2) is 23.4 Å². The van der Waals surface area contributed by atoms with Crippen LogP contribution in [0.15, 0.2) is 12.1 Å². The molecule has 2 bridgehead atoms. The number of likely N-dealkylation sites (tertiary alicyclic amines) is 1. The number of aliphatic hydroxyl groups is 1. The van der Waals surface area contributed by atoms with Crippen LogP contribution in [0.2, 0.25) is 0 Å². The van der Waals surface area contributed by atoms with Gasteiger partial charge in [-0.05, 0) is 30.9 Å². The van der Waals surface area contributed by atoms with E-state index in [0.29, 0.717) is 44.0 Å². The zero-order valence-corrected chi connectivity index (χ0v) is 15.5. The van der Waals surface area contributed by atoms with Gasteiger partial charge < -0.3 is 24.8 Å². The summed E-state index contributed by atoms with van der Waals surface area (Å²) in [6.07, 6.45) is 2.63. The van der Waals surface area contributed by atoms with Crippen LogP contribution >= 0.6 is 0 Å². The molecule has 6 atom stereocenters. The van der Waals surface area contributed by atoms with Crippen molar-refractivity contribution < 1.29 is 24.4 Å². The van der Waals surface area contributed by atoms with E-state index in [-0.39, 0.29) is 22.1 Å². The van der Waals surface area contributed by atoms with E-state index >= 15 is 0 Å². The smallest absolute Gasteiger partial charge is 0.177 e. The van der Waals surface area contributed by atoms with E-state index in [2.05, 4.69) is 0 Å². The number of carbonyl (C=O) groups is 1. The lowest BCUT2D eigenvalue weighted by molar-refractivity contribution is -0.924. The standard InChI is InChI=1S/C21H25NO5/c1-11-9-21(25)15-8-13-4-5-14(23)18-16(13)20(21,19(27-18)17(11)24)6-7-22(15,26)10-12-2-3-12/h4-5,11-12,15,19,23,25H,2-3,6-10H2,1H3/t11?,15-,19+,20+,21?,22+/m1/s1. The van der Waals surface area contributed by atoms with Gasteiger partial charge in [-0.15, -0.1) is 0 Å². The number of hydrogen-bond acceptors (Lipinski definition) is 5. The summed E-state index contributed by atoms with van der Waals surface area (Å²) in [6, 6.07) is 2.97. The fourth-order valence-electron chi connectivity index (χ4n) is 6.81. The normalized spacial score (nSPS) is 46.8. The Kier molecular flexibility index (Phi) is 2.83. The molecule has 6 heteroatoms. The molecule has 2 heterocycles. The van der Waals surface area contributed by atoms with Crippen molar-refractivity contribution in [1.82, 2.24) is 0 Å². The molecule has 0 aromatic heterocycles. The maximum Gasteiger partial charge on any atom is 0.177 e. The molecule has 0 radical (unpaired) electrons. The highest BCUT2D eigenvalue weighted by Gasteiger charge is 2.77. The fourth-order valence-corrected chi connectivity index (χ4v) is 6.81. The predicted octanol–water partition coefficient (Wildman–Crippen LogP) is 1.78. The molecular formula is C21H25NO5. The van der Waals surface area contributed by atoms with E-state index in [4.69, 9.17) is 4.74 Å². The number of nitrogens with zero attached hydrogens (tertiary/aromatic N) is 1. The second-order valence-electron chi connectivity index (χ2n) is 9.62. The Morgan fingerprint density at radius 3 is 2.89 bits per heavy atom. The molecule has 144 valence electrons. The molecule has 5 aliphatic rings. The average molecular weight is 371 g/mol. The molecule has 1 aromatic carbocycles. The number of piperidine rings is 1. The van der Waals surface area contributed by atoms with Crippen LogP contribution in [-0.2, 0) is 16.6 Å². The third-order valence-electron chi connectivity index (χ3n) is 8.17. The quantitative estimate of drug-likeness (QED) is 0.611. The number of ketones is 1. The number of hydroxylamine groups is 3. The summed E-state index contributed by atoms with van der Waals surface area (Å²) >= 11 is 0. The summed E-state index contributed by atoms with van der Waals surface area (Å²) in [5, 5.41) is 36.5. The number of ether oxygens (including phenoxy) is 1. The van der Waals surface area contributed by atoms with Crippen LogP contribution < -0.4 is 4.74 Å². The predicted molar refractivity (Wildman–Crippen MR) is 96.1 cm³/mol. The van der Waals surface area contributed by atoms with Crippen molar-refractivity contribution in [3.8, 4) is 11.5 Å². The van der Waals surface area contributed by atoms with E-state index < -0.39 is 23.2 Å². The number of quaternary nitrogens is 1. The molecule has 6 rings (SSSR count). The van der Waals surface area contributed by atoms with Crippen molar-refractivity contribution in [2.75, 3.05) is 13.1 Å². The Labute approximate surface area is 157 Å². The SMILES string of the molecule is CC1CC2(O)[C@H]3Cc4ccc(O)c5c4[C@@]2(CC[N@+]3([O-])CC2CC2)[C@@H](O5)C1=O. The molecule has 6 nitrogen and oxygen atoms in total. The molecule has 2 saturated carbocycles. The number of carbonyl (C=O) groups excluding carboxylic acids is 1. The molecule has 3 aliphatic carbocycles. The Bertz CT molecular complexity index is 882. The van der Waals surface area contributed by atoms with Crippen molar-refractivity contribution in [2.24, 2.45) is 11.8 Å². The van der Waals surface area contributed by atoms with E-state index in [1.165, 1.54) is 0 Å². The van der Waals surface area contributed by atoms with Crippen molar-refractivity contribution >= 4 is 5.78 Å². The Hall–Kier alpha value is -1.63. The van der Waals surface area contributed by atoms with Gasteiger partial charge in [0, 0.05) is 30.2 Å². The van der Waals surface area contributed by atoms with Gasteiger partial charge in [-0.25, -0.2) is 0 Å². The molecule has 0 amide bonds. The van der Waals surface area contributed by atoms with Crippen molar-refractivity contribution in [1.29, 1.82) is 0 Å². The average Bonchev–Trinajstić information content (AvgIpc) is 3.34. The minimum absolute atomic E-state index is 0.0185. The molecule has 1 aromatic rings. The maximum atomic E-state index is 14.0. The van der Waals surface area contributed by atoms with Crippen molar-refractivity contribution in [3.63, 3.8) is 0 Å². The van der Waals surface area contributed by atoms with Crippen molar-refractivity contribution in [2.45, 2.75) is 62.2 Å². The first-order chi connectivity index (χ1) is 12.8. The van der Waals surface area contributed by atoms with Crippen LogP contribution in [-0.4, -0.2) is 51.5 Å². The van der Waals surface area contributed by atoms with Crippen molar-refractivity contribution in [3.05, 3.63) is 28.5 Å². The van der Waals surface area contributed by atoms with E-state index in [1.54, 1.807) is 6.07 Å². The summed E-state index contributed by atoms with van der Waals surface area (Å²) in [5.41, 5.74) is -0.412. The summed E-state index contributed by atoms with van der Waals surface area (Å²) in [7, 11) is 0. The number of phenols is 1. The number of benzene rings is 1. The molecule has 2 N–H and O–H groups in total. The lowest BCUT2D eigenvalue weighted by atomic mass is 9.47. The van der Waals surface area contributed by atoms with E-state index in [0.717, 1.165) is 24.0 Å². The van der Waals surface area contributed by atoms with Gasteiger partial charge in [0.25, 0.3) is 0 Å². The van der Waals surface area contributed by atoms with Gasteiger partial charge in [0.05, 0.1) is 18.5 Å². The van der Waals surface area contributed by atoms with Crippen LogP contribution in [0.5, 0.6) is 11.5 Å². The molecule has 2 unspecified atom stereocenters. The van der Waals surface area contributed by atoms with Gasteiger partial charge in [-0.3, -0.25) is 4.79 Å². The minimum atomic E-state index is -1.27. The molecule has 2 aliphatic heterocycles. The molecule has 1 saturated heterocycles. The van der Waals surface area contributed by atoms with Gasteiger partial charge >= 0.3 is 0 Å². The second-order valence-corrected chi connectivity index (χ2v) is 9.62. The summed E-state index contributed by atoms with van der Waals surface area (Å²) in [4.78, 5) is 13.1. The monoisotopic (exact) mass is 371 g/mol. The number of phenolic OH excluding ortho intramolecular Hbond substituents is 1. The van der Waals surface area contributed by atoms with Crippen LogP contribution in [0, 0.1) is 17.0 Å². The zero-order valence-electron chi connectivity index (χ0n) is 15.5. The Morgan fingerprint density at radius 2 is 2.15 bits per heavy atom. The second kappa shape index (κ2) is 4.67. The number of aromatic hydroxyl groups is 1. The third kappa shape index (κ3) is 1.71. The summed E-state index contributed by atoms with van der Waals surface area (Å²) in [5.74, 6) is 0.460. The highest BCUT2D eigenvalue weighted by molar-refractivity contribution is 5.91. The third-order valence-corrected chi connectivity index (χ3v) is 8.17. The number of rotatable bonds is 2. The summed E-state index contributed by atoms with van der Waals surface area (Å²) in [6.45, 7) is 2.79. The first-order valence-electron chi connectivity index (χ1n) is 10.2. The van der Waals surface area contributed by atoms with E-state index in [1.807, 2.05) is 13.0 Å². The lowest BCUT2D eigenvalue weighted by Crippen LogP contribution is -2.81. The highest BCUT2D eigenvalue weighted by Crippen LogP contribution is 2.66. The first kappa shape index (κ1) is 16.3. The first-order valence-corrected chi connectivity index (χ1v) is 10.2. The van der Waals surface area contributed by atoms with Crippen LogP contribution in [0.3, 0.4) is 0 Å². The number of hydrogen-bond donors (Lipinski definition) is 2. The Balaban J connectivity index is 1.61. The van der Waals surface area contributed by atoms with E-state index in [9.17, 15) is 20.2 Å². The highest BCUT2D eigenvalue weighted by atomic mass is 16.6. The maximum absolute atomic E-state index is 14.0. The summed E-state index contributed by atoms with van der Waals surface area (Å²) < 4.78 is 5.70. The largest absolute Gasteiger partial charge is 0.632 e.